The van der Waals surface area contributed by atoms with Crippen LogP contribution in [0, 0.1) is 5.82 Å². The van der Waals surface area contributed by atoms with Gasteiger partial charge in [0.25, 0.3) is 0 Å². The van der Waals surface area contributed by atoms with Crippen LogP contribution in [-0.4, -0.2) is 16.6 Å². The third-order valence-corrected chi connectivity index (χ3v) is 3.86. The van der Waals surface area contributed by atoms with Crippen LogP contribution in [0.15, 0.2) is 53.4 Å². The van der Waals surface area contributed by atoms with Crippen LogP contribution in [0.5, 0.6) is 5.75 Å². The van der Waals surface area contributed by atoms with E-state index in [0.717, 1.165) is 0 Å². The van der Waals surface area contributed by atoms with Gasteiger partial charge in [0.2, 0.25) is 0 Å². The van der Waals surface area contributed by atoms with E-state index in [2.05, 4.69) is 0 Å². The predicted octanol–water partition coefficient (Wildman–Crippen LogP) is 2.59. The quantitative estimate of drug-likeness (QED) is 0.856. The van der Waals surface area contributed by atoms with Crippen molar-refractivity contribution in [1.82, 2.24) is 0 Å². The highest BCUT2D eigenvalue weighted by molar-refractivity contribution is 7.85. The number of benzene rings is 2. The highest BCUT2D eigenvalue weighted by Crippen LogP contribution is 2.19. The molecule has 2 N–H and O–H groups in total. The second-order valence-corrected chi connectivity index (χ2v) is 5.46. The highest BCUT2D eigenvalue weighted by atomic mass is 32.2. The molecule has 0 heterocycles. The van der Waals surface area contributed by atoms with Crippen molar-refractivity contribution in [3.8, 4) is 5.75 Å². The van der Waals surface area contributed by atoms with Gasteiger partial charge in [0.15, 0.2) is 0 Å². The van der Waals surface area contributed by atoms with Gasteiger partial charge in [-0.3, -0.25) is 4.21 Å². The third-order valence-electron chi connectivity index (χ3n) is 2.52. The van der Waals surface area contributed by atoms with Gasteiger partial charge < -0.3 is 10.5 Å². The maximum Gasteiger partial charge on any atom is 0.142 e. The molecule has 1 unspecified atom stereocenters. The van der Waals surface area contributed by atoms with Crippen molar-refractivity contribution in [3.63, 3.8) is 0 Å². The highest BCUT2D eigenvalue weighted by Gasteiger charge is 2.05. The van der Waals surface area contributed by atoms with E-state index in [1.807, 2.05) is 12.1 Å². The summed E-state index contributed by atoms with van der Waals surface area (Å²) in [4.78, 5) is 0.589. The van der Waals surface area contributed by atoms with E-state index < -0.39 is 10.8 Å². The summed E-state index contributed by atoms with van der Waals surface area (Å²) < 4.78 is 30.1. The minimum atomic E-state index is -1.20. The van der Waals surface area contributed by atoms with E-state index in [1.54, 1.807) is 12.1 Å². The number of nitrogens with two attached hydrogens (primary N) is 1. The monoisotopic (exact) mass is 279 g/mol. The van der Waals surface area contributed by atoms with Crippen molar-refractivity contribution in [2.75, 3.05) is 18.1 Å². The number of nitrogen functional groups attached to an aromatic ring is 1. The Bertz CT molecular complexity index is 572. The molecule has 0 bridgehead atoms. The Balaban J connectivity index is 1.88. The topological polar surface area (TPSA) is 52.3 Å². The largest absolute Gasteiger partial charge is 0.490 e. The van der Waals surface area contributed by atoms with E-state index in [0.29, 0.717) is 22.1 Å². The summed E-state index contributed by atoms with van der Waals surface area (Å²) in [5.41, 5.74) is 6.27. The summed E-state index contributed by atoms with van der Waals surface area (Å²) in [6, 6.07) is 12.8. The molecule has 2 rings (SSSR count). The Morgan fingerprint density at radius 1 is 1.11 bits per heavy atom. The van der Waals surface area contributed by atoms with Gasteiger partial charge in [0, 0.05) is 4.90 Å². The summed E-state index contributed by atoms with van der Waals surface area (Å²) in [6.07, 6.45) is 0. The fraction of sp³-hybridized carbons (Fsp3) is 0.143. The van der Waals surface area contributed by atoms with Gasteiger partial charge in [-0.1, -0.05) is 12.1 Å². The Morgan fingerprint density at radius 3 is 2.47 bits per heavy atom. The molecule has 0 spiro atoms. The van der Waals surface area contributed by atoms with E-state index in [1.165, 1.54) is 24.3 Å². The molecule has 1 atom stereocenters. The Hall–Kier alpha value is -1.88. The van der Waals surface area contributed by atoms with Gasteiger partial charge in [0.1, 0.15) is 18.2 Å². The van der Waals surface area contributed by atoms with Crippen LogP contribution in [0.4, 0.5) is 10.1 Å². The molecule has 2 aromatic carbocycles. The van der Waals surface area contributed by atoms with Gasteiger partial charge in [0.05, 0.1) is 22.2 Å². The zero-order chi connectivity index (χ0) is 13.7. The second kappa shape index (κ2) is 6.33. The summed E-state index contributed by atoms with van der Waals surface area (Å²) in [5, 5.41) is 0. The maximum atomic E-state index is 12.7. The molecule has 2 aromatic rings. The maximum absolute atomic E-state index is 12.7. The van der Waals surface area contributed by atoms with Crippen molar-refractivity contribution in [3.05, 3.63) is 54.3 Å². The lowest BCUT2D eigenvalue weighted by Crippen LogP contribution is -2.09. The van der Waals surface area contributed by atoms with Crippen molar-refractivity contribution >= 4 is 16.5 Å². The molecule has 5 heteroatoms. The first kappa shape index (κ1) is 13.5. The molecular weight excluding hydrogens is 265 g/mol. The number of hydrogen-bond acceptors (Lipinski definition) is 3. The van der Waals surface area contributed by atoms with E-state index in [4.69, 9.17) is 10.5 Å². The molecule has 0 aliphatic rings. The summed E-state index contributed by atoms with van der Waals surface area (Å²) in [7, 11) is -1.20. The molecule has 0 aromatic heterocycles. The van der Waals surface area contributed by atoms with Crippen molar-refractivity contribution in [2.24, 2.45) is 0 Å². The average molecular weight is 279 g/mol. The molecule has 0 aliphatic heterocycles. The fourth-order valence-electron chi connectivity index (χ4n) is 1.54. The van der Waals surface area contributed by atoms with Crippen molar-refractivity contribution in [1.29, 1.82) is 0 Å². The first-order valence-electron chi connectivity index (χ1n) is 5.78. The molecule has 0 amide bonds. The minimum Gasteiger partial charge on any atom is -0.490 e. The fourth-order valence-corrected chi connectivity index (χ4v) is 2.45. The summed E-state index contributed by atoms with van der Waals surface area (Å²) in [5.74, 6) is 0.577. The molecule has 0 aliphatic carbocycles. The molecule has 100 valence electrons. The van der Waals surface area contributed by atoms with Gasteiger partial charge >= 0.3 is 0 Å². The van der Waals surface area contributed by atoms with Gasteiger partial charge in [-0.2, -0.15) is 0 Å². The second-order valence-electron chi connectivity index (χ2n) is 3.89. The minimum absolute atomic E-state index is 0.290. The molecule has 3 nitrogen and oxygen atoms in total. The SMILES string of the molecule is Nc1ccccc1OCCS(=O)c1ccc(F)cc1. The first-order valence-corrected chi connectivity index (χ1v) is 7.10. The van der Waals surface area contributed by atoms with Crippen LogP contribution in [-0.2, 0) is 10.8 Å². The number of ether oxygens (including phenoxy) is 1. The van der Waals surface area contributed by atoms with Crippen LogP contribution in [0.2, 0.25) is 0 Å². The van der Waals surface area contributed by atoms with Crippen LogP contribution < -0.4 is 10.5 Å². The van der Waals surface area contributed by atoms with Crippen LogP contribution in [0.3, 0.4) is 0 Å². The molecule has 19 heavy (non-hydrogen) atoms. The van der Waals surface area contributed by atoms with Crippen LogP contribution >= 0.6 is 0 Å². The average Bonchev–Trinajstić information content (AvgIpc) is 2.41. The van der Waals surface area contributed by atoms with Crippen LogP contribution in [0.1, 0.15) is 0 Å². The Kier molecular flexibility index (Phi) is 4.52. The first-order chi connectivity index (χ1) is 9.16. The molecular formula is C14H14FNO2S. The molecule has 0 saturated heterocycles. The smallest absolute Gasteiger partial charge is 0.142 e. The van der Waals surface area contributed by atoms with Gasteiger partial charge in [-0.15, -0.1) is 0 Å². The number of para-hydroxylation sites is 2. The molecule has 0 radical (unpaired) electrons. The summed E-state index contributed by atoms with van der Waals surface area (Å²) >= 11 is 0. The third kappa shape index (κ3) is 3.79. The summed E-state index contributed by atoms with van der Waals surface area (Å²) in [6.45, 7) is 0.290. The van der Waals surface area contributed by atoms with Crippen LogP contribution in [0.25, 0.3) is 0 Å². The normalized spacial score (nSPS) is 12.1. The molecule has 0 saturated carbocycles. The van der Waals surface area contributed by atoms with Crippen molar-refractivity contribution < 1.29 is 13.3 Å². The lowest BCUT2D eigenvalue weighted by Gasteiger charge is -2.08. The number of anilines is 1. The Labute approximate surface area is 113 Å². The lowest BCUT2D eigenvalue weighted by molar-refractivity contribution is 0.344. The van der Waals surface area contributed by atoms with E-state index in [-0.39, 0.29) is 12.4 Å². The predicted molar refractivity (Wildman–Crippen MR) is 74.0 cm³/mol. The van der Waals surface area contributed by atoms with E-state index >= 15 is 0 Å². The zero-order valence-corrected chi connectivity index (χ0v) is 11.0. The molecule has 0 fully saturated rings. The van der Waals surface area contributed by atoms with Crippen molar-refractivity contribution in [2.45, 2.75) is 4.90 Å². The number of halogens is 1. The van der Waals surface area contributed by atoms with E-state index in [9.17, 15) is 8.60 Å². The number of rotatable bonds is 5. The Morgan fingerprint density at radius 2 is 1.79 bits per heavy atom. The zero-order valence-electron chi connectivity index (χ0n) is 10.2. The van der Waals surface area contributed by atoms with Gasteiger partial charge in [-0.25, -0.2) is 4.39 Å². The van der Waals surface area contributed by atoms with Gasteiger partial charge in [-0.05, 0) is 36.4 Å². The standard InChI is InChI=1S/C14H14FNO2S/c15-11-5-7-12(8-6-11)19(17)10-9-18-14-4-2-1-3-13(14)16/h1-8H,9-10,16H2. The lowest BCUT2D eigenvalue weighted by atomic mass is 10.3. The number of hydrogen-bond donors (Lipinski definition) is 1.